The van der Waals surface area contributed by atoms with Crippen molar-refractivity contribution in [3.63, 3.8) is 0 Å². The van der Waals surface area contributed by atoms with Crippen molar-refractivity contribution in [2.75, 3.05) is 37.6 Å². The zero-order valence-corrected chi connectivity index (χ0v) is 16.0. The van der Waals surface area contributed by atoms with E-state index in [1.807, 2.05) is 12.1 Å². The van der Waals surface area contributed by atoms with Crippen LogP contribution in [0.25, 0.3) is 10.8 Å². The molecule has 0 aliphatic carbocycles. The van der Waals surface area contributed by atoms with Crippen molar-refractivity contribution >= 4 is 22.1 Å². The van der Waals surface area contributed by atoms with Crippen molar-refractivity contribution in [3.05, 3.63) is 40.7 Å². The van der Waals surface area contributed by atoms with Crippen LogP contribution in [0.1, 0.15) is 32.6 Å². The van der Waals surface area contributed by atoms with E-state index in [0.717, 1.165) is 30.1 Å². The summed E-state index contributed by atoms with van der Waals surface area (Å²) in [4.78, 5) is 20.2. The van der Waals surface area contributed by atoms with Gasteiger partial charge in [0.05, 0.1) is 10.3 Å². The van der Waals surface area contributed by atoms with Gasteiger partial charge in [0.2, 0.25) is 0 Å². The molecule has 1 unspecified atom stereocenters. The number of piperidine rings is 2. The largest absolute Gasteiger partial charge is 0.371 e. The van der Waals surface area contributed by atoms with E-state index in [4.69, 9.17) is 0 Å². The summed E-state index contributed by atoms with van der Waals surface area (Å²) in [5, 5.41) is 12.9. The van der Waals surface area contributed by atoms with E-state index < -0.39 is 0 Å². The molecule has 0 spiro atoms. The van der Waals surface area contributed by atoms with Gasteiger partial charge in [-0.05, 0) is 62.7 Å². The third kappa shape index (κ3) is 3.90. The molecular weight excluding hydrogens is 340 g/mol. The first-order chi connectivity index (χ1) is 13.1. The second-order valence-electron chi connectivity index (χ2n) is 8.22. The van der Waals surface area contributed by atoms with Gasteiger partial charge in [-0.25, -0.2) is 0 Å². The molecule has 2 saturated heterocycles. The number of aromatic nitrogens is 1. The Kier molecular flexibility index (Phi) is 5.25. The maximum Gasteiger partial charge on any atom is 0.278 e. The lowest BCUT2D eigenvalue weighted by molar-refractivity contribution is -0.383. The van der Waals surface area contributed by atoms with E-state index in [1.165, 1.54) is 45.3 Å². The number of rotatable bonds is 4. The van der Waals surface area contributed by atoms with Crippen molar-refractivity contribution in [1.29, 1.82) is 0 Å². The van der Waals surface area contributed by atoms with Gasteiger partial charge < -0.3 is 9.80 Å². The molecule has 1 aromatic heterocycles. The Bertz CT molecular complexity index is 817. The first-order valence-electron chi connectivity index (χ1n) is 10.1. The smallest absolute Gasteiger partial charge is 0.278 e. The monoisotopic (exact) mass is 368 g/mol. The molecule has 0 saturated carbocycles. The molecule has 0 bridgehead atoms. The normalized spacial score (nSPS) is 22.3. The Morgan fingerprint density at radius 1 is 1.15 bits per heavy atom. The molecule has 2 aromatic rings. The number of hydrogen-bond acceptors (Lipinski definition) is 5. The fourth-order valence-electron chi connectivity index (χ4n) is 4.64. The number of pyridine rings is 1. The van der Waals surface area contributed by atoms with Gasteiger partial charge in [-0.1, -0.05) is 6.92 Å². The summed E-state index contributed by atoms with van der Waals surface area (Å²) < 4.78 is 0. The van der Waals surface area contributed by atoms with Crippen molar-refractivity contribution in [2.45, 2.75) is 32.6 Å². The topological polar surface area (TPSA) is 62.5 Å². The van der Waals surface area contributed by atoms with Crippen molar-refractivity contribution in [1.82, 2.24) is 9.88 Å². The predicted octanol–water partition coefficient (Wildman–Crippen LogP) is 4.09. The van der Waals surface area contributed by atoms with Gasteiger partial charge in [0, 0.05) is 49.2 Å². The van der Waals surface area contributed by atoms with Crippen LogP contribution in [-0.2, 0) is 0 Å². The van der Waals surface area contributed by atoms with Crippen LogP contribution in [0.3, 0.4) is 0 Å². The molecule has 1 atom stereocenters. The summed E-state index contributed by atoms with van der Waals surface area (Å²) in [7, 11) is 0. The molecule has 2 fully saturated rings. The minimum Gasteiger partial charge on any atom is -0.371 e. The molecule has 2 aliphatic rings. The fourth-order valence-corrected chi connectivity index (χ4v) is 4.64. The summed E-state index contributed by atoms with van der Waals surface area (Å²) in [6.07, 6.45) is 8.43. The van der Waals surface area contributed by atoms with Crippen LogP contribution in [0, 0.1) is 22.0 Å². The van der Waals surface area contributed by atoms with Gasteiger partial charge in [0.15, 0.2) is 0 Å². The average molecular weight is 368 g/mol. The Morgan fingerprint density at radius 3 is 2.74 bits per heavy atom. The molecule has 6 nitrogen and oxygen atoms in total. The van der Waals surface area contributed by atoms with Crippen LogP contribution in [0.15, 0.2) is 30.6 Å². The summed E-state index contributed by atoms with van der Waals surface area (Å²) in [5.41, 5.74) is 1.24. The van der Waals surface area contributed by atoms with Gasteiger partial charge in [-0.15, -0.1) is 0 Å². The second kappa shape index (κ2) is 7.80. The van der Waals surface area contributed by atoms with E-state index in [1.54, 1.807) is 18.5 Å². The van der Waals surface area contributed by atoms with Crippen molar-refractivity contribution in [3.8, 4) is 0 Å². The highest BCUT2D eigenvalue weighted by molar-refractivity contribution is 5.99. The molecular formula is C21H28N4O2. The van der Waals surface area contributed by atoms with Gasteiger partial charge in [0.1, 0.15) is 0 Å². The summed E-state index contributed by atoms with van der Waals surface area (Å²) in [5.74, 6) is 1.53. The van der Waals surface area contributed by atoms with Crippen LogP contribution in [-0.4, -0.2) is 47.5 Å². The molecule has 0 N–H and O–H groups in total. The van der Waals surface area contributed by atoms with E-state index in [-0.39, 0.29) is 10.6 Å². The Labute approximate surface area is 160 Å². The van der Waals surface area contributed by atoms with Gasteiger partial charge in [-0.2, -0.15) is 0 Å². The van der Waals surface area contributed by atoms with E-state index in [9.17, 15) is 10.1 Å². The average Bonchev–Trinajstić information content (AvgIpc) is 2.69. The predicted molar refractivity (Wildman–Crippen MR) is 108 cm³/mol. The van der Waals surface area contributed by atoms with Crippen molar-refractivity contribution < 1.29 is 4.92 Å². The van der Waals surface area contributed by atoms with Crippen LogP contribution in [0.4, 0.5) is 11.4 Å². The summed E-state index contributed by atoms with van der Waals surface area (Å²) >= 11 is 0. The lowest BCUT2D eigenvalue weighted by Gasteiger charge is -2.39. The molecule has 27 heavy (non-hydrogen) atoms. The number of nitro benzene ring substituents is 1. The lowest BCUT2D eigenvalue weighted by Crippen LogP contribution is -2.43. The van der Waals surface area contributed by atoms with Crippen LogP contribution in [0.2, 0.25) is 0 Å². The molecule has 3 heterocycles. The highest BCUT2D eigenvalue weighted by Gasteiger charge is 2.26. The van der Waals surface area contributed by atoms with Gasteiger partial charge in [0.25, 0.3) is 5.69 Å². The molecule has 2 aliphatic heterocycles. The molecule has 6 heteroatoms. The Morgan fingerprint density at radius 2 is 1.96 bits per heavy atom. The molecule has 1 aromatic carbocycles. The van der Waals surface area contributed by atoms with Gasteiger partial charge in [-0.3, -0.25) is 15.1 Å². The van der Waals surface area contributed by atoms with Crippen LogP contribution < -0.4 is 4.90 Å². The Hall–Kier alpha value is -2.21. The highest BCUT2D eigenvalue weighted by atomic mass is 16.6. The number of nitrogens with zero attached hydrogens (tertiary/aromatic N) is 4. The number of hydrogen-bond donors (Lipinski definition) is 0. The molecule has 144 valence electrons. The minimum atomic E-state index is -0.315. The van der Waals surface area contributed by atoms with Crippen molar-refractivity contribution in [2.24, 2.45) is 11.8 Å². The van der Waals surface area contributed by atoms with Crippen LogP contribution >= 0.6 is 0 Å². The lowest BCUT2D eigenvalue weighted by atomic mass is 9.93. The van der Waals surface area contributed by atoms with E-state index >= 15 is 0 Å². The highest BCUT2D eigenvalue weighted by Crippen LogP contribution is 2.35. The third-order valence-corrected chi connectivity index (χ3v) is 6.22. The molecule has 4 rings (SSSR count). The second-order valence-corrected chi connectivity index (χ2v) is 8.22. The van der Waals surface area contributed by atoms with E-state index in [2.05, 4.69) is 21.7 Å². The molecule has 0 amide bonds. The maximum atomic E-state index is 11.4. The number of non-ortho nitro benzene ring substituents is 1. The number of anilines is 1. The number of benzene rings is 1. The van der Waals surface area contributed by atoms with Gasteiger partial charge >= 0.3 is 0 Å². The first-order valence-corrected chi connectivity index (χ1v) is 10.1. The fraction of sp³-hybridized carbons (Fsp3) is 0.571. The number of nitro groups is 1. The minimum absolute atomic E-state index is 0.137. The first kappa shape index (κ1) is 18.2. The Balaban J connectivity index is 1.53. The molecule has 0 radical (unpaired) electrons. The summed E-state index contributed by atoms with van der Waals surface area (Å²) in [6.45, 7) is 8.03. The number of likely N-dealkylation sites (tertiary alicyclic amines) is 1. The standard InChI is InChI=1S/C21H28N4O2/c1-16-7-11-23(12-8-16)14-17-3-2-10-24(15-17)20-4-5-21(25(26)27)19-13-22-9-6-18(19)20/h4-6,9,13,16-17H,2-3,7-8,10-12,14-15H2,1H3. The summed E-state index contributed by atoms with van der Waals surface area (Å²) in [6, 6.07) is 5.47. The van der Waals surface area contributed by atoms with E-state index in [0.29, 0.717) is 11.3 Å². The quantitative estimate of drug-likeness (QED) is 0.601. The van der Waals surface area contributed by atoms with Crippen LogP contribution in [0.5, 0.6) is 0 Å². The zero-order valence-electron chi connectivity index (χ0n) is 16.0. The maximum absolute atomic E-state index is 11.4. The zero-order chi connectivity index (χ0) is 18.8. The number of fused-ring (bicyclic) bond motifs is 1. The SMILES string of the molecule is CC1CCN(CC2CCCN(c3ccc([N+](=O)[O-])c4cnccc34)C2)CC1. The third-order valence-electron chi connectivity index (χ3n) is 6.22.